The van der Waals surface area contributed by atoms with E-state index in [-0.39, 0.29) is 11.5 Å². The minimum Gasteiger partial charge on any atom is -0.336 e. The Bertz CT molecular complexity index is 1590. The molecular formula is C24H19N9O. The molecule has 0 spiro atoms. The molecule has 1 aromatic carbocycles. The van der Waals surface area contributed by atoms with E-state index in [1.54, 1.807) is 33.7 Å². The Balaban J connectivity index is 1.55. The van der Waals surface area contributed by atoms with Gasteiger partial charge in [-0.3, -0.25) is 4.79 Å². The first-order valence-corrected chi connectivity index (χ1v) is 10.5. The smallest absolute Gasteiger partial charge is 0.163 e. The highest BCUT2D eigenvalue weighted by Crippen LogP contribution is 2.29. The number of Topliss-reactive ketones (excluding diaryl/α,β-unsaturated/α-hetero) is 1. The predicted molar refractivity (Wildman–Crippen MR) is 125 cm³/mol. The maximum Gasteiger partial charge on any atom is 0.163 e. The zero-order valence-corrected chi connectivity index (χ0v) is 18.7. The van der Waals surface area contributed by atoms with Crippen molar-refractivity contribution in [1.82, 2.24) is 34.6 Å². The van der Waals surface area contributed by atoms with Crippen LogP contribution in [0.3, 0.4) is 0 Å². The molecule has 0 unspecified atom stereocenters. The molecule has 0 fully saturated rings. The summed E-state index contributed by atoms with van der Waals surface area (Å²) in [5, 5.41) is 29.3. The van der Waals surface area contributed by atoms with E-state index >= 15 is 0 Å². The summed E-state index contributed by atoms with van der Waals surface area (Å²) in [4.78, 5) is 16.9. The Morgan fingerprint density at radius 2 is 1.94 bits per heavy atom. The fraction of sp³-hybridized carbons (Fsp3) is 0.125. The van der Waals surface area contributed by atoms with Gasteiger partial charge in [-0.1, -0.05) is 6.07 Å². The van der Waals surface area contributed by atoms with Crippen molar-refractivity contribution in [2.45, 2.75) is 20.8 Å². The first-order chi connectivity index (χ1) is 16.4. The highest BCUT2D eigenvalue weighted by Gasteiger charge is 2.17. The molecule has 10 nitrogen and oxygen atoms in total. The number of aryl methyl sites for hydroxylation is 2. The summed E-state index contributed by atoms with van der Waals surface area (Å²) in [5.41, 5.74) is 5.96. The van der Waals surface area contributed by atoms with E-state index in [1.165, 1.54) is 6.92 Å². The summed E-state index contributed by atoms with van der Waals surface area (Å²) >= 11 is 0. The molecule has 10 heteroatoms. The van der Waals surface area contributed by atoms with Gasteiger partial charge in [0.2, 0.25) is 0 Å². The Kier molecular flexibility index (Phi) is 5.07. The van der Waals surface area contributed by atoms with E-state index in [2.05, 4.69) is 30.7 Å². The molecule has 166 valence electrons. The van der Waals surface area contributed by atoms with E-state index in [1.807, 2.05) is 50.4 Å². The van der Waals surface area contributed by atoms with E-state index in [9.17, 15) is 10.1 Å². The molecule has 1 N–H and O–H groups in total. The van der Waals surface area contributed by atoms with Gasteiger partial charge in [-0.15, -0.1) is 5.10 Å². The minimum atomic E-state index is -0.0946. The second-order valence-corrected chi connectivity index (χ2v) is 7.84. The fourth-order valence-electron chi connectivity index (χ4n) is 3.70. The van der Waals surface area contributed by atoms with Gasteiger partial charge >= 0.3 is 0 Å². The fourth-order valence-corrected chi connectivity index (χ4v) is 3.70. The number of nitriles is 1. The maximum atomic E-state index is 12.3. The molecule has 5 rings (SSSR count). The third kappa shape index (κ3) is 3.75. The van der Waals surface area contributed by atoms with Crippen molar-refractivity contribution in [2.75, 3.05) is 5.32 Å². The van der Waals surface area contributed by atoms with E-state index in [0.29, 0.717) is 28.4 Å². The number of fused-ring (bicyclic) bond motifs is 1. The number of ketones is 1. The summed E-state index contributed by atoms with van der Waals surface area (Å²) in [6.07, 6.45) is 5.24. The van der Waals surface area contributed by atoms with Gasteiger partial charge in [0, 0.05) is 16.8 Å². The standard InChI is InChI=1S/C24H19N9O/c1-14-4-7-23(30-29-14)28-19-11-26-24-21(12-27-32(24)13-19)17-5-6-20(16(3)34)22(9-17)33-15(2)8-18(10-25)31-33/h4-9,11-13H,1-3H3,(H,28,30). The van der Waals surface area contributed by atoms with Crippen LogP contribution in [-0.2, 0) is 0 Å². The van der Waals surface area contributed by atoms with Crippen molar-refractivity contribution < 1.29 is 4.79 Å². The van der Waals surface area contributed by atoms with Gasteiger partial charge in [0.1, 0.15) is 6.07 Å². The van der Waals surface area contributed by atoms with Gasteiger partial charge in [-0.05, 0) is 56.7 Å². The summed E-state index contributed by atoms with van der Waals surface area (Å²) in [6.45, 7) is 5.22. The van der Waals surface area contributed by atoms with Crippen molar-refractivity contribution >= 4 is 22.9 Å². The van der Waals surface area contributed by atoms with Crippen LogP contribution in [0.15, 0.2) is 55.0 Å². The van der Waals surface area contributed by atoms with Crippen LogP contribution < -0.4 is 5.32 Å². The Morgan fingerprint density at radius 1 is 1.09 bits per heavy atom. The van der Waals surface area contributed by atoms with Gasteiger partial charge in [0.15, 0.2) is 22.9 Å². The number of hydrogen-bond acceptors (Lipinski definition) is 8. The molecule has 0 atom stereocenters. The summed E-state index contributed by atoms with van der Waals surface area (Å²) in [7, 11) is 0. The first-order valence-electron chi connectivity index (χ1n) is 10.5. The SMILES string of the molecule is CC(=O)c1ccc(-c2cnn3cc(Nc4ccc(C)nn4)cnc23)cc1-n1nc(C#N)cc1C. The molecular weight excluding hydrogens is 430 g/mol. The number of nitrogens with one attached hydrogen (secondary N) is 1. The lowest BCUT2D eigenvalue weighted by molar-refractivity contribution is 0.101. The average molecular weight is 449 g/mol. The van der Waals surface area contributed by atoms with Gasteiger partial charge in [-0.25, -0.2) is 14.2 Å². The molecule has 0 aliphatic rings. The first kappa shape index (κ1) is 21.0. The molecule has 34 heavy (non-hydrogen) atoms. The number of rotatable bonds is 5. The molecule has 4 aromatic heterocycles. The van der Waals surface area contributed by atoms with Crippen LogP contribution in [0.5, 0.6) is 0 Å². The molecule has 4 heterocycles. The lowest BCUT2D eigenvalue weighted by atomic mass is 10.0. The molecule has 0 aliphatic heterocycles. The van der Waals surface area contributed by atoms with Crippen LogP contribution in [0, 0.1) is 25.2 Å². The summed E-state index contributed by atoms with van der Waals surface area (Å²) in [5.74, 6) is 0.512. The number of benzene rings is 1. The third-order valence-electron chi connectivity index (χ3n) is 5.34. The molecule has 0 radical (unpaired) electrons. The Morgan fingerprint density at radius 3 is 2.65 bits per heavy atom. The zero-order chi connectivity index (χ0) is 23.8. The van der Waals surface area contributed by atoms with E-state index < -0.39 is 0 Å². The number of carbonyl (C=O) groups is 1. The lowest BCUT2D eigenvalue weighted by Crippen LogP contribution is -2.07. The lowest BCUT2D eigenvalue weighted by Gasteiger charge is -2.11. The normalized spacial score (nSPS) is 10.9. The average Bonchev–Trinajstić information content (AvgIpc) is 3.43. The number of hydrogen-bond donors (Lipinski definition) is 1. The zero-order valence-electron chi connectivity index (χ0n) is 18.7. The largest absolute Gasteiger partial charge is 0.336 e. The molecule has 0 bridgehead atoms. The Labute approximate surface area is 194 Å². The van der Waals surface area contributed by atoms with Crippen LogP contribution in [0.4, 0.5) is 11.5 Å². The topological polar surface area (TPSA) is 127 Å². The summed E-state index contributed by atoms with van der Waals surface area (Å²) < 4.78 is 3.29. The number of carbonyl (C=O) groups excluding carboxylic acids is 1. The van der Waals surface area contributed by atoms with Gasteiger partial charge in [-0.2, -0.15) is 20.6 Å². The molecule has 0 saturated carbocycles. The molecule has 0 saturated heterocycles. The maximum absolute atomic E-state index is 12.3. The predicted octanol–water partition coefficient (Wildman–Crippen LogP) is 3.81. The highest BCUT2D eigenvalue weighted by atomic mass is 16.1. The highest BCUT2D eigenvalue weighted by molar-refractivity contribution is 5.98. The summed E-state index contributed by atoms with van der Waals surface area (Å²) in [6, 6.07) is 12.9. The van der Waals surface area contributed by atoms with Gasteiger partial charge in [0.25, 0.3) is 0 Å². The van der Waals surface area contributed by atoms with Crippen LogP contribution >= 0.6 is 0 Å². The molecule has 0 amide bonds. The van der Waals surface area contributed by atoms with Crippen LogP contribution in [0.2, 0.25) is 0 Å². The Hall–Kier alpha value is -4.91. The van der Waals surface area contributed by atoms with Gasteiger partial charge in [0.05, 0.1) is 35.7 Å². The van der Waals surface area contributed by atoms with Crippen LogP contribution in [-0.4, -0.2) is 40.4 Å². The van der Waals surface area contributed by atoms with Gasteiger partial charge < -0.3 is 5.32 Å². The van der Waals surface area contributed by atoms with Crippen molar-refractivity contribution in [2.24, 2.45) is 0 Å². The van der Waals surface area contributed by atoms with Crippen molar-refractivity contribution in [3.05, 3.63) is 77.6 Å². The van der Waals surface area contributed by atoms with Crippen molar-refractivity contribution in [3.63, 3.8) is 0 Å². The number of aromatic nitrogens is 7. The number of anilines is 2. The second kappa shape index (κ2) is 8.22. The number of nitrogens with zero attached hydrogens (tertiary/aromatic N) is 8. The van der Waals surface area contributed by atoms with E-state index in [4.69, 9.17) is 0 Å². The molecule has 0 aliphatic carbocycles. The monoisotopic (exact) mass is 449 g/mol. The van der Waals surface area contributed by atoms with Crippen LogP contribution in [0.1, 0.15) is 34.4 Å². The molecule has 5 aromatic rings. The van der Waals surface area contributed by atoms with Crippen LogP contribution in [0.25, 0.3) is 22.5 Å². The third-order valence-corrected chi connectivity index (χ3v) is 5.34. The quantitative estimate of drug-likeness (QED) is 0.401. The second-order valence-electron chi connectivity index (χ2n) is 7.84. The van der Waals surface area contributed by atoms with E-state index in [0.717, 1.165) is 22.5 Å². The minimum absolute atomic E-state index is 0.0946. The van der Waals surface area contributed by atoms with Crippen molar-refractivity contribution in [1.29, 1.82) is 5.26 Å². The van der Waals surface area contributed by atoms with Crippen molar-refractivity contribution in [3.8, 4) is 22.9 Å².